The van der Waals surface area contributed by atoms with Gasteiger partial charge in [-0.2, -0.15) is 0 Å². The van der Waals surface area contributed by atoms with Crippen molar-refractivity contribution in [3.63, 3.8) is 0 Å². The monoisotopic (exact) mass is 298 g/mol. The highest BCUT2D eigenvalue weighted by Gasteiger charge is 2.15. The van der Waals surface area contributed by atoms with Crippen molar-refractivity contribution in [3.8, 4) is 5.75 Å². The maximum atomic E-state index is 12.2. The molecule has 4 nitrogen and oxygen atoms in total. The van der Waals surface area contributed by atoms with Crippen molar-refractivity contribution in [2.75, 3.05) is 27.7 Å². The number of likely N-dealkylation sites (N-methyl/N-ethyl adjacent to an activating group) is 1. The number of methoxy groups -OCH3 is 1. The van der Waals surface area contributed by atoms with Gasteiger partial charge in [0.05, 0.1) is 13.2 Å². The molecule has 4 heteroatoms. The first-order chi connectivity index (χ1) is 10.6. The Morgan fingerprint density at radius 3 is 2.27 bits per heavy atom. The number of nitrogens with zero attached hydrogens (tertiary/aromatic N) is 1. The van der Waals surface area contributed by atoms with Crippen molar-refractivity contribution in [1.82, 2.24) is 10.2 Å². The largest absolute Gasteiger partial charge is 0.497 e. The van der Waals surface area contributed by atoms with E-state index in [4.69, 9.17) is 4.74 Å². The number of ether oxygens (including phenoxy) is 1. The van der Waals surface area contributed by atoms with Crippen molar-refractivity contribution >= 4 is 5.91 Å². The Balaban J connectivity index is 2.04. The van der Waals surface area contributed by atoms with Crippen molar-refractivity contribution in [3.05, 3.63) is 65.7 Å². The molecule has 0 saturated carbocycles. The lowest BCUT2D eigenvalue weighted by atomic mass is 10.1. The lowest BCUT2D eigenvalue weighted by Gasteiger charge is -2.25. The van der Waals surface area contributed by atoms with E-state index in [9.17, 15) is 4.79 Å². The second kappa shape index (κ2) is 7.61. The van der Waals surface area contributed by atoms with E-state index in [0.29, 0.717) is 12.1 Å². The minimum Gasteiger partial charge on any atom is -0.497 e. The molecule has 0 unspecified atom stereocenters. The standard InChI is InChI=1S/C18H22N2O2/c1-20(2)17(14-9-11-16(22-3)12-10-14)13-19-18(21)15-7-5-4-6-8-15/h4-12,17H,13H2,1-3H3,(H,19,21)/t17-/m0/s1. The maximum absolute atomic E-state index is 12.2. The molecule has 0 saturated heterocycles. The van der Waals surface area contributed by atoms with Gasteiger partial charge in [-0.15, -0.1) is 0 Å². The summed E-state index contributed by atoms with van der Waals surface area (Å²) in [5.74, 6) is 0.774. The van der Waals surface area contributed by atoms with Crippen LogP contribution in [-0.4, -0.2) is 38.6 Å². The molecule has 1 amide bonds. The van der Waals surface area contributed by atoms with Crippen LogP contribution in [0.3, 0.4) is 0 Å². The molecular formula is C18H22N2O2. The average molecular weight is 298 g/mol. The van der Waals surface area contributed by atoms with Gasteiger partial charge in [0.15, 0.2) is 0 Å². The topological polar surface area (TPSA) is 41.6 Å². The maximum Gasteiger partial charge on any atom is 0.251 e. The first-order valence-electron chi connectivity index (χ1n) is 7.25. The Hall–Kier alpha value is -2.33. The number of hydrogen-bond donors (Lipinski definition) is 1. The summed E-state index contributed by atoms with van der Waals surface area (Å²) >= 11 is 0. The fourth-order valence-electron chi connectivity index (χ4n) is 2.31. The molecule has 0 aliphatic rings. The highest BCUT2D eigenvalue weighted by Crippen LogP contribution is 2.20. The second-order valence-electron chi connectivity index (χ2n) is 5.33. The third-order valence-electron chi connectivity index (χ3n) is 3.62. The number of benzene rings is 2. The summed E-state index contributed by atoms with van der Waals surface area (Å²) in [7, 11) is 5.66. The minimum atomic E-state index is -0.0547. The first kappa shape index (κ1) is 16.0. The number of amides is 1. The minimum absolute atomic E-state index is 0.0547. The summed E-state index contributed by atoms with van der Waals surface area (Å²) in [6.45, 7) is 0.549. The van der Waals surface area contributed by atoms with Gasteiger partial charge in [0.25, 0.3) is 5.91 Å². The fourth-order valence-corrected chi connectivity index (χ4v) is 2.31. The molecule has 116 valence electrons. The Morgan fingerprint density at radius 1 is 1.09 bits per heavy atom. The van der Waals surface area contributed by atoms with Crippen LogP contribution < -0.4 is 10.1 Å². The van der Waals surface area contributed by atoms with Crippen LogP contribution in [0.5, 0.6) is 5.75 Å². The van der Waals surface area contributed by atoms with E-state index < -0.39 is 0 Å². The molecule has 0 radical (unpaired) electrons. The molecule has 0 heterocycles. The van der Waals surface area contributed by atoms with E-state index in [0.717, 1.165) is 11.3 Å². The van der Waals surface area contributed by atoms with Crippen LogP contribution in [0.4, 0.5) is 0 Å². The van der Waals surface area contributed by atoms with Gasteiger partial charge in [0, 0.05) is 12.1 Å². The second-order valence-corrected chi connectivity index (χ2v) is 5.33. The summed E-state index contributed by atoms with van der Waals surface area (Å²) < 4.78 is 5.18. The zero-order valence-corrected chi connectivity index (χ0v) is 13.2. The van der Waals surface area contributed by atoms with Crippen LogP contribution >= 0.6 is 0 Å². The van der Waals surface area contributed by atoms with Crippen LogP contribution in [0.15, 0.2) is 54.6 Å². The van der Waals surface area contributed by atoms with E-state index >= 15 is 0 Å². The molecule has 0 fully saturated rings. The van der Waals surface area contributed by atoms with Crippen molar-refractivity contribution in [2.45, 2.75) is 6.04 Å². The molecule has 1 N–H and O–H groups in total. The molecule has 0 aliphatic carbocycles. The third-order valence-corrected chi connectivity index (χ3v) is 3.62. The number of carbonyl (C=O) groups excluding carboxylic acids is 1. The van der Waals surface area contributed by atoms with Gasteiger partial charge in [-0.25, -0.2) is 0 Å². The highest BCUT2D eigenvalue weighted by molar-refractivity contribution is 5.94. The van der Waals surface area contributed by atoms with Crippen LogP contribution in [0.2, 0.25) is 0 Å². The zero-order valence-electron chi connectivity index (χ0n) is 13.2. The summed E-state index contributed by atoms with van der Waals surface area (Å²) in [5, 5.41) is 3.00. The molecular weight excluding hydrogens is 276 g/mol. The van der Waals surface area contributed by atoms with Crippen LogP contribution in [-0.2, 0) is 0 Å². The lowest BCUT2D eigenvalue weighted by molar-refractivity contribution is 0.0942. The predicted octanol–water partition coefficient (Wildman–Crippen LogP) is 2.73. The van der Waals surface area contributed by atoms with Gasteiger partial charge in [0.1, 0.15) is 5.75 Å². The Morgan fingerprint density at radius 2 is 1.73 bits per heavy atom. The molecule has 0 bridgehead atoms. The van der Waals surface area contributed by atoms with Gasteiger partial charge < -0.3 is 15.0 Å². The van der Waals surface area contributed by atoms with E-state index in [-0.39, 0.29) is 11.9 Å². The normalized spacial score (nSPS) is 12.0. The molecule has 2 rings (SSSR count). The number of nitrogens with one attached hydrogen (secondary N) is 1. The molecule has 0 spiro atoms. The van der Waals surface area contributed by atoms with Gasteiger partial charge in [0.2, 0.25) is 0 Å². The number of rotatable bonds is 6. The highest BCUT2D eigenvalue weighted by atomic mass is 16.5. The number of hydrogen-bond acceptors (Lipinski definition) is 3. The Bertz CT molecular complexity index is 594. The smallest absolute Gasteiger partial charge is 0.251 e. The average Bonchev–Trinajstić information content (AvgIpc) is 2.56. The number of carbonyl (C=O) groups is 1. The Kier molecular flexibility index (Phi) is 5.55. The molecule has 0 aliphatic heterocycles. The summed E-state index contributed by atoms with van der Waals surface area (Å²) in [6, 6.07) is 17.3. The van der Waals surface area contributed by atoms with Gasteiger partial charge in [-0.3, -0.25) is 4.79 Å². The van der Waals surface area contributed by atoms with Crippen LogP contribution in [0.1, 0.15) is 22.0 Å². The van der Waals surface area contributed by atoms with Gasteiger partial charge >= 0.3 is 0 Å². The molecule has 0 aromatic heterocycles. The molecule has 1 atom stereocenters. The van der Waals surface area contributed by atoms with Gasteiger partial charge in [-0.1, -0.05) is 30.3 Å². The molecule has 2 aromatic carbocycles. The van der Waals surface area contributed by atoms with Gasteiger partial charge in [-0.05, 0) is 43.9 Å². The van der Waals surface area contributed by atoms with Crippen LogP contribution in [0, 0.1) is 0 Å². The fraction of sp³-hybridized carbons (Fsp3) is 0.278. The Labute approximate surface area is 131 Å². The first-order valence-corrected chi connectivity index (χ1v) is 7.25. The SMILES string of the molecule is COc1ccc([C@H](CNC(=O)c2ccccc2)N(C)C)cc1. The quantitative estimate of drug-likeness (QED) is 0.891. The third kappa shape index (κ3) is 4.09. The lowest BCUT2D eigenvalue weighted by Crippen LogP contribution is -2.34. The van der Waals surface area contributed by atoms with Crippen molar-refractivity contribution in [2.24, 2.45) is 0 Å². The van der Waals surface area contributed by atoms with Crippen molar-refractivity contribution in [1.29, 1.82) is 0 Å². The van der Waals surface area contributed by atoms with E-state index in [1.165, 1.54) is 0 Å². The summed E-state index contributed by atoms with van der Waals surface area (Å²) in [4.78, 5) is 14.2. The predicted molar refractivity (Wildman–Crippen MR) is 88.2 cm³/mol. The zero-order chi connectivity index (χ0) is 15.9. The van der Waals surface area contributed by atoms with E-state index in [1.54, 1.807) is 7.11 Å². The van der Waals surface area contributed by atoms with E-state index in [2.05, 4.69) is 10.2 Å². The molecule has 22 heavy (non-hydrogen) atoms. The van der Waals surface area contributed by atoms with Crippen LogP contribution in [0.25, 0.3) is 0 Å². The summed E-state index contributed by atoms with van der Waals surface area (Å²) in [6.07, 6.45) is 0. The molecule has 2 aromatic rings. The summed E-state index contributed by atoms with van der Waals surface area (Å²) in [5.41, 5.74) is 1.81. The van der Waals surface area contributed by atoms with Crippen molar-refractivity contribution < 1.29 is 9.53 Å². The van der Waals surface area contributed by atoms with E-state index in [1.807, 2.05) is 68.7 Å².